The predicted octanol–water partition coefficient (Wildman–Crippen LogP) is 2.39. The first kappa shape index (κ1) is 12.9. The van der Waals surface area contributed by atoms with Gasteiger partial charge in [0.05, 0.1) is 29.7 Å². The molecule has 0 saturated carbocycles. The van der Waals surface area contributed by atoms with Crippen molar-refractivity contribution in [2.24, 2.45) is 0 Å². The fraction of sp³-hybridized carbons (Fsp3) is 0. The number of anilines is 1. The van der Waals surface area contributed by atoms with Gasteiger partial charge in [0, 0.05) is 0 Å². The molecule has 1 heterocycles. The molecule has 2 rings (SSSR count). The van der Waals surface area contributed by atoms with Crippen LogP contribution in [0.5, 0.6) is 0 Å². The maximum absolute atomic E-state index is 13.6. The van der Waals surface area contributed by atoms with Crippen LogP contribution in [0.1, 0.15) is 16.1 Å². The highest BCUT2D eigenvalue weighted by atomic mass is 35.5. The zero-order valence-electron chi connectivity index (χ0n) is 9.39. The quantitative estimate of drug-likeness (QED) is 0.913. The van der Waals surface area contributed by atoms with Gasteiger partial charge in [-0.1, -0.05) is 11.6 Å². The molecular weight excluding hydrogens is 271 g/mol. The van der Waals surface area contributed by atoms with Crippen molar-refractivity contribution in [3.8, 4) is 6.07 Å². The zero-order valence-corrected chi connectivity index (χ0v) is 10.1. The highest BCUT2D eigenvalue weighted by Gasteiger charge is 2.11. The SMILES string of the molecule is N#Cc1ccc(NC(=O)c2cnc(Cl)cn2)c(F)c1. The second-order valence-electron chi connectivity index (χ2n) is 3.48. The topological polar surface area (TPSA) is 78.7 Å². The van der Waals surface area contributed by atoms with Crippen LogP contribution >= 0.6 is 11.6 Å². The molecule has 0 radical (unpaired) electrons. The molecule has 5 nitrogen and oxygen atoms in total. The van der Waals surface area contributed by atoms with Gasteiger partial charge in [0.2, 0.25) is 0 Å². The molecule has 1 amide bonds. The third-order valence-corrected chi connectivity index (χ3v) is 2.39. The Morgan fingerprint density at radius 2 is 2.16 bits per heavy atom. The summed E-state index contributed by atoms with van der Waals surface area (Å²) in [4.78, 5) is 19.2. The van der Waals surface area contributed by atoms with E-state index in [1.807, 2.05) is 0 Å². The van der Waals surface area contributed by atoms with Crippen LogP contribution in [0, 0.1) is 17.1 Å². The van der Waals surface area contributed by atoms with E-state index in [2.05, 4.69) is 15.3 Å². The Morgan fingerprint density at radius 1 is 1.37 bits per heavy atom. The second-order valence-corrected chi connectivity index (χ2v) is 3.87. The van der Waals surface area contributed by atoms with Crippen LogP contribution in [0.15, 0.2) is 30.6 Å². The van der Waals surface area contributed by atoms with Gasteiger partial charge in [-0.2, -0.15) is 5.26 Å². The summed E-state index contributed by atoms with van der Waals surface area (Å²) in [5, 5.41) is 11.1. The Bertz CT molecular complexity index is 666. The zero-order chi connectivity index (χ0) is 13.8. The van der Waals surface area contributed by atoms with Crippen molar-refractivity contribution in [1.29, 1.82) is 5.26 Å². The van der Waals surface area contributed by atoms with Crippen LogP contribution in [0.2, 0.25) is 5.15 Å². The lowest BCUT2D eigenvalue weighted by Crippen LogP contribution is -2.14. The van der Waals surface area contributed by atoms with E-state index in [1.165, 1.54) is 24.5 Å². The maximum atomic E-state index is 13.6. The Kier molecular flexibility index (Phi) is 3.68. The Hall–Kier alpha value is -2.52. The Balaban J connectivity index is 2.20. The standard InChI is InChI=1S/C12H6ClFN4O/c13-11-6-16-10(5-17-11)12(19)18-9-2-1-7(4-15)3-8(9)14/h1-3,5-6H,(H,18,19). The molecule has 0 unspecified atom stereocenters. The minimum Gasteiger partial charge on any atom is -0.318 e. The second kappa shape index (κ2) is 5.42. The molecule has 0 atom stereocenters. The highest BCUT2D eigenvalue weighted by Crippen LogP contribution is 2.16. The van der Waals surface area contributed by atoms with Crippen LogP contribution in [0.4, 0.5) is 10.1 Å². The summed E-state index contributed by atoms with van der Waals surface area (Å²) in [7, 11) is 0. The lowest BCUT2D eigenvalue weighted by molar-refractivity contribution is 0.102. The van der Waals surface area contributed by atoms with Crippen LogP contribution in [0.25, 0.3) is 0 Å². The van der Waals surface area contributed by atoms with Crippen LogP contribution in [-0.2, 0) is 0 Å². The normalized spacial score (nSPS) is 9.74. The van der Waals surface area contributed by atoms with E-state index in [1.54, 1.807) is 6.07 Å². The lowest BCUT2D eigenvalue weighted by Gasteiger charge is -2.05. The van der Waals surface area contributed by atoms with E-state index < -0.39 is 11.7 Å². The van der Waals surface area contributed by atoms with Crippen LogP contribution in [0.3, 0.4) is 0 Å². The van der Waals surface area contributed by atoms with Crippen molar-refractivity contribution in [3.05, 3.63) is 52.8 Å². The van der Waals surface area contributed by atoms with Crippen molar-refractivity contribution in [2.45, 2.75) is 0 Å². The molecule has 19 heavy (non-hydrogen) atoms. The van der Waals surface area contributed by atoms with Gasteiger partial charge in [0.25, 0.3) is 5.91 Å². The first-order valence-electron chi connectivity index (χ1n) is 5.08. The van der Waals surface area contributed by atoms with Crippen molar-refractivity contribution >= 4 is 23.2 Å². The van der Waals surface area contributed by atoms with E-state index in [4.69, 9.17) is 16.9 Å². The highest BCUT2D eigenvalue weighted by molar-refractivity contribution is 6.29. The van der Waals surface area contributed by atoms with Crippen molar-refractivity contribution in [1.82, 2.24) is 9.97 Å². The molecular formula is C12H6ClFN4O. The number of hydrogen-bond donors (Lipinski definition) is 1. The summed E-state index contributed by atoms with van der Waals surface area (Å²) in [6, 6.07) is 5.52. The number of amides is 1. The lowest BCUT2D eigenvalue weighted by atomic mass is 10.2. The summed E-state index contributed by atoms with van der Waals surface area (Å²) in [6.45, 7) is 0. The molecule has 0 aliphatic heterocycles. The van der Waals surface area contributed by atoms with E-state index in [-0.39, 0.29) is 22.1 Å². The van der Waals surface area contributed by atoms with Gasteiger partial charge in [-0.15, -0.1) is 0 Å². The van der Waals surface area contributed by atoms with Gasteiger partial charge in [-0.25, -0.2) is 14.4 Å². The maximum Gasteiger partial charge on any atom is 0.275 e. The first-order chi connectivity index (χ1) is 9.10. The Labute approximate surface area is 112 Å². The molecule has 0 spiro atoms. The smallest absolute Gasteiger partial charge is 0.275 e. The van der Waals surface area contributed by atoms with Gasteiger partial charge in [-0.3, -0.25) is 4.79 Å². The molecule has 0 aliphatic carbocycles. The third-order valence-electron chi connectivity index (χ3n) is 2.20. The van der Waals surface area contributed by atoms with E-state index in [0.717, 1.165) is 6.07 Å². The Morgan fingerprint density at radius 3 is 2.74 bits per heavy atom. The largest absolute Gasteiger partial charge is 0.318 e. The van der Waals surface area contributed by atoms with Crippen molar-refractivity contribution in [2.75, 3.05) is 5.32 Å². The number of carbonyl (C=O) groups excluding carboxylic acids is 1. The molecule has 0 aliphatic rings. The van der Waals surface area contributed by atoms with Gasteiger partial charge in [0.1, 0.15) is 16.7 Å². The van der Waals surface area contributed by atoms with E-state index >= 15 is 0 Å². The number of carbonyl (C=O) groups is 1. The third kappa shape index (κ3) is 3.03. The number of benzene rings is 1. The molecule has 1 aromatic carbocycles. The molecule has 1 N–H and O–H groups in total. The first-order valence-corrected chi connectivity index (χ1v) is 5.46. The van der Waals surface area contributed by atoms with Crippen molar-refractivity contribution < 1.29 is 9.18 Å². The molecule has 7 heteroatoms. The molecule has 0 saturated heterocycles. The summed E-state index contributed by atoms with van der Waals surface area (Å²) < 4.78 is 13.6. The van der Waals surface area contributed by atoms with Gasteiger partial charge < -0.3 is 5.32 Å². The average Bonchev–Trinajstić information content (AvgIpc) is 2.41. The van der Waals surface area contributed by atoms with Crippen molar-refractivity contribution in [3.63, 3.8) is 0 Å². The minimum atomic E-state index is -0.700. The minimum absolute atomic E-state index is 0.00756. The van der Waals surface area contributed by atoms with E-state index in [9.17, 15) is 9.18 Å². The summed E-state index contributed by atoms with van der Waals surface area (Å²) >= 11 is 5.54. The average molecular weight is 277 g/mol. The molecule has 0 fully saturated rings. The number of aromatic nitrogens is 2. The monoisotopic (exact) mass is 276 g/mol. The summed E-state index contributed by atoms with van der Waals surface area (Å²) in [5.41, 5.74) is 0.135. The van der Waals surface area contributed by atoms with Gasteiger partial charge in [0.15, 0.2) is 0 Å². The molecule has 94 valence electrons. The number of nitrogens with one attached hydrogen (secondary N) is 1. The summed E-state index contributed by atoms with van der Waals surface area (Å²) in [6.07, 6.45) is 2.39. The number of rotatable bonds is 2. The molecule has 2 aromatic rings. The van der Waals surface area contributed by atoms with Crippen LogP contribution < -0.4 is 5.32 Å². The number of nitriles is 1. The summed E-state index contributed by atoms with van der Waals surface area (Å²) in [5.74, 6) is -1.32. The van der Waals surface area contributed by atoms with Gasteiger partial charge >= 0.3 is 0 Å². The van der Waals surface area contributed by atoms with E-state index in [0.29, 0.717) is 0 Å². The number of halogens is 2. The van der Waals surface area contributed by atoms with Gasteiger partial charge in [-0.05, 0) is 18.2 Å². The number of nitrogens with zero attached hydrogens (tertiary/aromatic N) is 3. The predicted molar refractivity (Wildman–Crippen MR) is 66.1 cm³/mol. The molecule has 0 bridgehead atoms. The number of hydrogen-bond acceptors (Lipinski definition) is 4. The van der Waals surface area contributed by atoms with Crippen LogP contribution in [-0.4, -0.2) is 15.9 Å². The fourth-order valence-corrected chi connectivity index (χ4v) is 1.40. The fourth-order valence-electron chi connectivity index (χ4n) is 1.30. The molecule has 1 aromatic heterocycles.